The predicted octanol–water partition coefficient (Wildman–Crippen LogP) is 2.32. The van der Waals surface area contributed by atoms with Crippen LogP contribution in [0.4, 0.5) is 0 Å². The molecular weight excluding hydrogens is 258 g/mol. The molecule has 0 saturated carbocycles. The summed E-state index contributed by atoms with van der Waals surface area (Å²) in [6.45, 7) is 2.78. The molecule has 20 heavy (non-hydrogen) atoms. The van der Waals surface area contributed by atoms with Crippen LogP contribution in [0.3, 0.4) is 0 Å². The Morgan fingerprint density at radius 2 is 1.95 bits per heavy atom. The number of fused-ring (bicyclic) bond motifs is 1. The Labute approximate surface area is 118 Å². The summed E-state index contributed by atoms with van der Waals surface area (Å²) >= 11 is 0. The van der Waals surface area contributed by atoms with Crippen molar-refractivity contribution in [2.75, 3.05) is 33.5 Å². The average Bonchev–Trinajstić information content (AvgIpc) is 2.84. The van der Waals surface area contributed by atoms with E-state index in [1.165, 1.54) is 0 Å². The molecular formula is C15H21NO4. The molecule has 1 heterocycles. The Bertz CT molecular complexity index is 524. The fraction of sp³-hybridized carbons (Fsp3) is 0.467. The maximum absolute atomic E-state index is 5.80. The van der Waals surface area contributed by atoms with Gasteiger partial charge in [0.1, 0.15) is 5.58 Å². The number of methoxy groups -OCH3 is 1. The van der Waals surface area contributed by atoms with Gasteiger partial charge in [-0.15, -0.1) is 0 Å². The zero-order valence-corrected chi connectivity index (χ0v) is 11.8. The van der Waals surface area contributed by atoms with Crippen LogP contribution in [-0.2, 0) is 16.0 Å². The third-order valence-corrected chi connectivity index (χ3v) is 2.91. The van der Waals surface area contributed by atoms with Crippen LogP contribution in [0.1, 0.15) is 12.2 Å². The van der Waals surface area contributed by atoms with Crippen molar-refractivity contribution in [3.63, 3.8) is 0 Å². The molecule has 0 saturated heterocycles. The van der Waals surface area contributed by atoms with Gasteiger partial charge in [-0.3, -0.25) is 0 Å². The van der Waals surface area contributed by atoms with Crippen molar-refractivity contribution >= 4 is 11.0 Å². The Morgan fingerprint density at radius 1 is 1.10 bits per heavy atom. The maximum atomic E-state index is 5.80. The number of para-hydroxylation sites is 1. The van der Waals surface area contributed by atoms with Crippen LogP contribution >= 0.6 is 0 Å². The summed E-state index contributed by atoms with van der Waals surface area (Å²) in [7, 11) is 1.66. The van der Waals surface area contributed by atoms with E-state index in [1.54, 1.807) is 7.11 Å². The van der Waals surface area contributed by atoms with Gasteiger partial charge in [0, 0.05) is 20.1 Å². The first-order chi connectivity index (χ1) is 9.86. The minimum Gasteiger partial charge on any atom is -0.489 e. The normalized spacial score (nSPS) is 11.1. The number of rotatable bonds is 9. The fourth-order valence-electron chi connectivity index (χ4n) is 1.94. The van der Waals surface area contributed by atoms with Gasteiger partial charge in [0.25, 0.3) is 0 Å². The van der Waals surface area contributed by atoms with Gasteiger partial charge in [-0.1, -0.05) is 12.1 Å². The lowest BCUT2D eigenvalue weighted by atomic mass is 10.2. The van der Waals surface area contributed by atoms with Crippen LogP contribution in [0, 0.1) is 0 Å². The summed E-state index contributed by atoms with van der Waals surface area (Å²) in [5.74, 6) is 1.44. The van der Waals surface area contributed by atoms with E-state index in [2.05, 4.69) is 0 Å². The fourth-order valence-corrected chi connectivity index (χ4v) is 1.94. The van der Waals surface area contributed by atoms with E-state index < -0.39 is 0 Å². The molecule has 2 N–H and O–H groups in total. The molecule has 0 aliphatic rings. The van der Waals surface area contributed by atoms with Gasteiger partial charge in [0.05, 0.1) is 31.8 Å². The largest absolute Gasteiger partial charge is 0.489 e. The van der Waals surface area contributed by atoms with E-state index in [1.807, 2.05) is 24.3 Å². The SMILES string of the molecule is COCCOCCCOc1c(CN)oc2ccccc12. The van der Waals surface area contributed by atoms with Gasteiger partial charge in [-0.05, 0) is 12.1 Å². The zero-order chi connectivity index (χ0) is 14.2. The lowest BCUT2D eigenvalue weighted by Gasteiger charge is -2.07. The second-order valence-corrected chi connectivity index (χ2v) is 4.36. The van der Waals surface area contributed by atoms with Crippen LogP contribution < -0.4 is 10.5 Å². The molecule has 2 aromatic rings. The first kappa shape index (κ1) is 14.8. The minimum atomic E-state index is 0.328. The van der Waals surface area contributed by atoms with E-state index in [0.29, 0.717) is 38.7 Å². The summed E-state index contributed by atoms with van der Waals surface area (Å²) in [6.07, 6.45) is 0.813. The van der Waals surface area contributed by atoms with E-state index >= 15 is 0 Å². The highest BCUT2D eigenvalue weighted by molar-refractivity contribution is 5.85. The van der Waals surface area contributed by atoms with Gasteiger partial charge in [0.15, 0.2) is 11.5 Å². The molecule has 0 spiro atoms. The van der Waals surface area contributed by atoms with Crippen molar-refractivity contribution in [2.24, 2.45) is 5.73 Å². The molecule has 0 unspecified atom stereocenters. The lowest BCUT2D eigenvalue weighted by Crippen LogP contribution is -2.07. The second kappa shape index (κ2) is 7.89. The molecule has 0 fully saturated rings. The number of furan rings is 1. The van der Waals surface area contributed by atoms with Crippen LogP contribution in [0.15, 0.2) is 28.7 Å². The van der Waals surface area contributed by atoms with Crippen molar-refractivity contribution in [2.45, 2.75) is 13.0 Å². The Kier molecular flexibility index (Phi) is 5.86. The molecule has 0 atom stereocenters. The van der Waals surface area contributed by atoms with Gasteiger partial charge in [0.2, 0.25) is 0 Å². The Morgan fingerprint density at radius 3 is 2.75 bits per heavy atom. The Balaban J connectivity index is 1.86. The van der Waals surface area contributed by atoms with E-state index in [-0.39, 0.29) is 0 Å². The zero-order valence-electron chi connectivity index (χ0n) is 11.8. The first-order valence-electron chi connectivity index (χ1n) is 6.76. The topological polar surface area (TPSA) is 66.8 Å². The van der Waals surface area contributed by atoms with Crippen molar-refractivity contribution in [3.05, 3.63) is 30.0 Å². The van der Waals surface area contributed by atoms with Gasteiger partial charge >= 0.3 is 0 Å². The van der Waals surface area contributed by atoms with Crippen molar-refractivity contribution in [1.82, 2.24) is 0 Å². The highest BCUT2D eigenvalue weighted by Gasteiger charge is 2.13. The van der Waals surface area contributed by atoms with Crippen LogP contribution in [0.2, 0.25) is 0 Å². The van der Waals surface area contributed by atoms with Crippen molar-refractivity contribution < 1.29 is 18.6 Å². The minimum absolute atomic E-state index is 0.328. The molecule has 0 aliphatic heterocycles. The molecule has 0 amide bonds. The Hall–Kier alpha value is -1.56. The first-order valence-corrected chi connectivity index (χ1v) is 6.76. The van der Waals surface area contributed by atoms with Gasteiger partial charge < -0.3 is 24.4 Å². The molecule has 5 nitrogen and oxygen atoms in total. The smallest absolute Gasteiger partial charge is 0.169 e. The van der Waals surface area contributed by atoms with E-state index in [0.717, 1.165) is 23.1 Å². The van der Waals surface area contributed by atoms with E-state index in [9.17, 15) is 0 Å². The number of ether oxygens (including phenoxy) is 3. The summed E-state index contributed by atoms with van der Waals surface area (Å²) in [4.78, 5) is 0. The highest BCUT2D eigenvalue weighted by Crippen LogP contribution is 2.32. The number of nitrogens with two attached hydrogens (primary N) is 1. The molecule has 0 bridgehead atoms. The third-order valence-electron chi connectivity index (χ3n) is 2.91. The molecule has 110 valence electrons. The third kappa shape index (κ3) is 3.72. The second-order valence-electron chi connectivity index (χ2n) is 4.36. The molecule has 0 radical (unpaired) electrons. The van der Waals surface area contributed by atoms with Crippen molar-refractivity contribution in [3.8, 4) is 5.75 Å². The highest BCUT2D eigenvalue weighted by atomic mass is 16.5. The number of hydrogen-bond acceptors (Lipinski definition) is 5. The predicted molar refractivity (Wildman–Crippen MR) is 76.9 cm³/mol. The molecule has 1 aromatic heterocycles. The number of benzene rings is 1. The standard InChI is InChI=1S/C15H21NO4/c1-17-9-10-18-7-4-8-19-15-12-5-2-3-6-13(12)20-14(15)11-16/h2-3,5-6H,4,7-11,16H2,1H3. The molecule has 1 aromatic carbocycles. The summed E-state index contributed by atoms with van der Waals surface area (Å²) in [5.41, 5.74) is 6.49. The summed E-state index contributed by atoms with van der Waals surface area (Å²) in [5, 5.41) is 0.966. The quantitative estimate of drug-likeness (QED) is 0.713. The summed E-state index contributed by atoms with van der Waals surface area (Å²) < 4.78 is 21.8. The monoisotopic (exact) mass is 279 g/mol. The van der Waals surface area contributed by atoms with Crippen LogP contribution in [0.25, 0.3) is 11.0 Å². The maximum Gasteiger partial charge on any atom is 0.169 e. The van der Waals surface area contributed by atoms with Crippen LogP contribution in [-0.4, -0.2) is 33.5 Å². The molecule has 0 aliphatic carbocycles. The van der Waals surface area contributed by atoms with Crippen LogP contribution in [0.5, 0.6) is 5.75 Å². The van der Waals surface area contributed by atoms with E-state index in [4.69, 9.17) is 24.4 Å². The summed E-state index contributed by atoms with van der Waals surface area (Å²) in [6, 6.07) is 7.77. The van der Waals surface area contributed by atoms with Gasteiger partial charge in [-0.2, -0.15) is 0 Å². The number of hydrogen-bond donors (Lipinski definition) is 1. The average molecular weight is 279 g/mol. The van der Waals surface area contributed by atoms with Crippen molar-refractivity contribution in [1.29, 1.82) is 0 Å². The molecule has 5 heteroatoms. The van der Waals surface area contributed by atoms with Gasteiger partial charge in [-0.25, -0.2) is 0 Å². The lowest BCUT2D eigenvalue weighted by molar-refractivity contribution is 0.0644. The molecule has 2 rings (SSSR count).